The minimum absolute atomic E-state index is 0.0116. The molecule has 0 bridgehead atoms. The van der Waals surface area contributed by atoms with Crippen LogP contribution >= 0.6 is 0 Å². The molecule has 0 radical (unpaired) electrons. The van der Waals surface area contributed by atoms with Crippen molar-refractivity contribution in [2.24, 2.45) is 5.41 Å². The van der Waals surface area contributed by atoms with Crippen molar-refractivity contribution in [2.45, 2.75) is 33.1 Å². The number of aliphatic hydroxyl groups excluding tert-OH is 1. The van der Waals surface area contributed by atoms with Gasteiger partial charge >= 0.3 is 6.18 Å². The fraction of sp³-hybridized carbons (Fsp3) is 0.571. The number of carbonyl (C=O) groups is 1. The Morgan fingerprint density at radius 3 is 2.55 bits per heavy atom. The fourth-order valence-electron chi connectivity index (χ4n) is 1.36. The van der Waals surface area contributed by atoms with E-state index in [4.69, 9.17) is 0 Å². The maximum Gasteiger partial charge on any atom is 0.422 e. The summed E-state index contributed by atoms with van der Waals surface area (Å²) in [4.78, 5) is 15.6. The number of ether oxygens (including phenoxy) is 1. The number of rotatable bonds is 5. The Morgan fingerprint density at radius 2 is 2.00 bits per heavy atom. The summed E-state index contributed by atoms with van der Waals surface area (Å²) in [6, 6.07) is 3.94. The third kappa shape index (κ3) is 6.30. The highest BCUT2D eigenvalue weighted by atomic mass is 19.4. The van der Waals surface area contributed by atoms with Gasteiger partial charge in [0.15, 0.2) is 6.61 Å². The number of pyridine rings is 1. The van der Waals surface area contributed by atoms with Crippen LogP contribution in [0, 0.1) is 5.41 Å². The van der Waals surface area contributed by atoms with Crippen LogP contribution in [0.4, 0.5) is 13.2 Å². The summed E-state index contributed by atoms with van der Waals surface area (Å²) in [7, 11) is 0. The van der Waals surface area contributed by atoms with Crippen LogP contribution in [-0.4, -0.2) is 41.4 Å². The summed E-state index contributed by atoms with van der Waals surface area (Å²) < 4.78 is 40.7. The van der Waals surface area contributed by atoms with Gasteiger partial charge in [0.05, 0.1) is 6.10 Å². The molecule has 2 N–H and O–H groups in total. The summed E-state index contributed by atoms with van der Waals surface area (Å²) in [6.07, 6.45) is -5.24. The Balaban J connectivity index is 2.63. The van der Waals surface area contributed by atoms with E-state index in [0.29, 0.717) is 0 Å². The number of aliphatic hydroxyl groups is 1. The molecule has 22 heavy (non-hydrogen) atoms. The van der Waals surface area contributed by atoms with E-state index in [0.717, 1.165) is 0 Å². The summed E-state index contributed by atoms with van der Waals surface area (Å²) >= 11 is 0. The summed E-state index contributed by atoms with van der Waals surface area (Å²) in [5.74, 6) is -0.887. The van der Waals surface area contributed by atoms with Gasteiger partial charge in [-0.05, 0) is 11.5 Å². The van der Waals surface area contributed by atoms with Crippen molar-refractivity contribution in [3.63, 3.8) is 0 Å². The van der Waals surface area contributed by atoms with Crippen LogP contribution in [0.3, 0.4) is 0 Å². The number of carbonyl (C=O) groups excluding carboxylic acids is 1. The maximum absolute atomic E-state index is 12.1. The van der Waals surface area contributed by atoms with Crippen LogP contribution < -0.4 is 10.1 Å². The normalized spacial score (nSPS) is 13.6. The molecule has 0 aromatic carbocycles. The van der Waals surface area contributed by atoms with Crippen LogP contribution in [0.1, 0.15) is 31.3 Å². The molecule has 1 amide bonds. The topological polar surface area (TPSA) is 71.5 Å². The van der Waals surface area contributed by atoms with Gasteiger partial charge in [-0.1, -0.05) is 26.8 Å². The predicted octanol–water partition coefficient (Wildman–Crippen LogP) is 2.16. The second kappa shape index (κ2) is 6.95. The van der Waals surface area contributed by atoms with Gasteiger partial charge in [-0.3, -0.25) is 4.79 Å². The molecule has 0 aliphatic rings. The summed E-state index contributed by atoms with van der Waals surface area (Å²) in [5.41, 5.74) is -0.487. The molecule has 0 fully saturated rings. The average Bonchev–Trinajstić information content (AvgIpc) is 2.40. The van der Waals surface area contributed by atoms with E-state index in [1.807, 2.05) is 20.8 Å². The number of hydrogen-bond acceptors (Lipinski definition) is 4. The molecule has 1 aromatic heterocycles. The van der Waals surface area contributed by atoms with Crippen molar-refractivity contribution in [1.29, 1.82) is 0 Å². The number of aromatic nitrogens is 1. The van der Waals surface area contributed by atoms with Gasteiger partial charge in [0, 0.05) is 12.6 Å². The van der Waals surface area contributed by atoms with Gasteiger partial charge < -0.3 is 15.2 Å². The van der Waals surface area contributed by atoms with Crippen molar-refractivity contribution in [2.75, 3.05) is 13.2 Å². The van der Waals surface area contributed by atoms with Crippen LogP contribution in [0.25, 0.3) is 0 Å². The molecule has 0 aliphatic carbocycles. The number of halogens is 3. The maximum atomic E-state index is 12.1. The summed E-state index contributed by atoms with van der Waals surface area (Å²) in [5, 5.41) is 12.3. The van der Waals surface area contributed by atoms with Crippen LogP contribution in [0.5, 0.6) is 5.88 Å². The Bertz CT molecular complexity index is 513. The Kier molecular flexibility index (Phi) is 5.76. The highest BCUT2D eigenvalue weighted by Gasteiger charge is 2.28. The van der Waals surface area contributed by atoms with Crippen molar-refractivity contribution in [3.05, 3.63) is 23.9 Å². The first kappa shape index (κ1) is 18.2. The van der Waals surface area contributed by atoms with Gasteiger partial charge in [0.1, 0.15) is 5.69 Å². The van der Waals surface area contributed by atoms with Gasteiger partial charge in [0.2, 0.25) is 5.88 Å². The summed E-state index contributed by atoms with van der Waals surface area (Å²) in [6.45, 7) is 3.97. The Morgan fingerprint density at radius 1 is 1.36 bits per heavy atom. The van der Waals surface area contributed by atoms with Crippen molar-refractivity contribution in [1.82, 2.24) is 10.3 Å². The smallest absolute Gasteiger partial charge is 0.422 e. The van der Waals surface area contributed by atoms with Crippen LogP contribution in [0.15, 0.2) is 18.2 Å². The lowest BCUT2D eigenvalue weighted by Gasteiger charge is -2.25. The molecule has 0 saturated carbocycles. The van der Waals surface area contributed by atoms with E-state index in [9.17, 15) is 23.1 Å². The zero-order valence-corrected chi connectivity index (χ0v) is 12.6. The van der Waals surface area contributed by atoms with E-state index in [1.165, 1.54) is 18.2 Å². The number of alkyl halides is 3. The quantitative estimate of drug-likeness (QED) is 0.872. The molecule has 124 valence electrons. The molecular formula is C14H19F3N2O3. The predicted molar refractivity (Wildman–Crippen MR) is 73.6 cm³/mol. The lowest BCUT2D eigenvalue weighted by Crippen LogP contribution is -2.39. The zero-order valence-electron chi connectivity index (χ0n) is 12.6. The molecule has 1 heterocycles. The van der Waals surface area contributed by atoms with Gasteiger partial charge in [-0.2, -0.15) is 13.2 Å². The first-order chi connectivity index (χ1) is 9.99. The van der Waals surface area contributed by atoms with Crippen molar-refractivity contribution >= 4 is 5.91 Å². The Hall–Kier alpha value is -1.83. The molecule has 1 unspecified atom stereocenters. The van der Waals surface area contributed by atoms with Crippen LogP contribution in [0.2, 0.25) is 0 Å². The van der Waals surface area contributed by atoms with Gasteiger partial charge in [0.25, 0.3) is 5.91 Å². The third-order valence-corrected chi connectivity index (χ3v) is 2.80. The molecular weight excluding hydrogens is 301 g/mol. The number of nitrogens with zero attached hydrogens (tertiary/aromatic N) is 1. The molecule has 1 aromatic rings. The highest BCUT2D eigenvalue weighted by Crippen LogP contribution is 2.19. The molecule has 5 nitrogen and oxygen atoms in total. The van der Waals surface area contributed by atoms with E-state index in [1.54, 1.807) is 0 Å². The van der Waals surface area contributed by atoms with Crippen molar-refractivity contribution < 1.29 is 27.8 Å². The third-order valence-electron chi connectivity index (χ3n) is 2.80. The molecule has 8 heteroatoms. The standard InChI is InChI=1S/C14H19F3N2O3/c1-13(2,3)10(20)7-18-12(21)9-5-4-6-11(19-9)22-8-14(15,16)17/h4-6,10,20H,7-8H2,1-3H3,(H,18,21). The molecule has 1 atom stereocenters. The second-order valence-electron chi connectivity index (χ2n) is 5.86. The van der Waals surface area contributed by atoms with Gasteiger partial charge in [-0.25, -0.2) is 4.98 Å². The Labute approximate surface area is 126 Å². The first-order valence-corrected chi connectivity index (χ1v) is 6.62. The fourth-order valence-corrected chi connectivity index (χ4v) is 1.36. The lowest BCUT2D eigenvalue weighted by molar-refractivity contribution is -0.154. The first-order valence-electron chi connectivity index (χ1n) is 6.62. The van der Waals surface area contributed by atoms with Crippen molar-refractivity contribution in [3.8, 4) is 5.88 Å². The average molecular weight is 320 g/mol. The monoisotopic (exact) mass is 320 g/mol. The van der Waals surface area contributed by atoms with E-state index in [2.05, 4.69) is 15.0 Å². The molecule has 0 spiro atoms. The largest absolute Gasteiger partial charge is 0.468 e. The van der Waals surface area contributed by atoms with Gasteiger partial charge in [-0.15, -0.1) is 0 Å². The number of nitrogens with one attached hydrogen (secondary N) is 1. The minimum Gasteiger partial charge on any atom is -0.468 e. The number of hydrogen-bond donors (Lipinski definition) is 2. The molecule has 0 saturated heterocycles. The second-order valence-corrected chi connectivity index (χ2v) is 5.86. The molecule has 0 aliphatic heterocycles. The molecule has 1 rings (SSSR count). The zero-order chi connectivity index (χ0) is 17.0. The van der Waals surface area contributed by atoms with Crippen LogP contribution in [-0.2, 0) is 0 Å². The lowest BCUT2D eigenvalue weighted by atomic mass is 9.89. The SMILES string of the molecule is CC(C)(C)C(O)CNC(=O)c1cccc(OCC(F)(F)F)n1. The van der Waals surface area contributed by atoms with E-state index in [-0.39, 0.29) is 18.1 Å². The highest BCUT2D eigenvalue weighted by molar-refractivity contribution is 5.92. The number of amides is 1. The van der Waals surface area contributed by atoms with E-state index >= 15 is 0 Å². The minimum atomic E-state index is -4.48. The van der Waals surface area contributed by atoms with E-state index < -0.39 is 30.2 Å².